The average molecular weight is 437 g/mol. The number of carbonyl (C=O) groups excluding carboxylic acids is 1. The number of hydrogen-bond acceptors (Lipinski definition) is 5. The second-order valence-electron chi connectivity index (χ2n) is 8.86. The number of anilines is 1. The summed E-state index contributed by atoms with van der Waals surface area (Å²) in [6.45, 7) is 8.19. The molecule has 1 saturated heterocycles. The van der Waals surface area contributed by atoms with Gasteiger partial charge in [0.25, 0.3) is 5.56 Å². The van der Waals surface area contributed by atoms with Crippen molar-refractivity contribution >= 4 is 34.5 Å². The molecule has 0 saturated carbocycles. The number of amides is 1. The molecule has 0 radical (unpaired) electrons. The number of carbonyl (C=O) groups is 1. The minimum atomic E-state index is -0.250. The maximum Gasteiger partial charge on any atom is 0.281 e. The maximum atomic E-state index is 13.1. The molecule has 1 aliphatic rings. The SMILES string of the molecule is CC(C)(C)c1ccc(SCC(=O)Nn2c(N3CCCC3)nc3ccccc3c2=O)cc1. The molecule has 31 heavy (non-hydrogen) atoms. The van der Waals surface area contributed by atoms with E-state index >= 15 is 0 Å². The number of benzene rings is 2. The Hall–Kier alpha value is -2.80. The Morgan fingerprint density at radius 1 is 1.06 bits per heavy atom. The lowest BCUT2D eigenvalue weighted by Gasteiger charge is -2.22. The Morgan fingerprint density at radius 3 is 2.42 bits per heavy atom. The van der Waals surface area contributed by atoms with Crippen LogP contribution in [0.2, 0.25) is 0 Å². The van der Waals surface area contributed by atoms with E-state index in [1.54, 1.807) is 6.07 Å². The smallest absolute Gasteiger partial charge is 0.281 e. The summed E-state index contributed by atoms with van der Waals surface area (Å²) in [6.07, 6.45) is 2.11. The minimum Gasteiger partial charge on any atom is -0.341 e. The van der Waals surface area contributed by atoms with Crippen molar-refractivity contribution in [1.82, 2.24) is 9.66 Å². The highest BCUT2D eigenvalue weighted by molar-refractivity contribution is 8.00. The number of thioether (sulfide) groups is 1. The van der Waals surface area contributed by atoms with Gasteiger partial charge in [0.15, 0.2) is 0 Å². The summed E-state index contributed by atoms with van der Waals surface area (Å²) in [5, 5.41) is 0.496. The first-order chi connectivity index (χ1) is 14.8. The van der Waals surface area contributed by atoms with Crippen LogP contribution in [0.1, 0.15) is 39.2 Å². The van der Waals surface area contributed by atoms with Gasteiger partial charge in [-0.2, -0.15) is 4.68 Å². The van der Waals surface area contributed by atoms with Crippen molar-refractivity contribution in [3.8, 4) is 0 Å². The second-order valence-corrected chi connectivity index (χ2v) is 9.91. The Balaban J connectivity index is 1.53. The molecule has 6 nitrogen and oxygen atoms in total. The Bertz CT molecular complexity index is 1140. The van der Waals surface area contributed by atoms with Gasteiger partial charge in [0, 0.05) is 18.0 Å². The number of nitrogens with zero attached hydrogens (tertiary/aromatic N) is 3. The summed E-state index contributed by atoms with van der Waals surface area (Å²) < 4.78 is 1.32. The third-order valence-corrected chi connectivity index (χ3v) is 6.49. The first-order valence-electron chi connectivity index (χ1n) is 10.6. The molecule has 3 aromatic rings. The summed E-state index contributed by atoms with van der Waals surface area (Å²) in [7, 11) is 0. The average Bonchev–Trinajstić information content (AvgIpc) is 3.28. The van der Waals surface area contributed by atoms with Crippen molar-refractivity contribution in [2.24, 2.45) is 0 Å². The Labute approximate surface area is 186 Å². The van der Waals surface area contributed by atoms with Gasteiger partial charge >= 0.3 is 0 Å². The van der Waals surface area contributed by atoms with Crippen LogP contribution in [0.4, 0.5) is 5.95 Å². The summed E-state index contributed by atoms with van der Waals surface area (Å²) in [5.74, 6) is 0.492. The first kappa shape index (κ1) is 21.4. The third-order valence-electron chi connectivity index (χ3n) is 5.47. The van der Waals surface area contributed by atoms with Crippen molar-refractivity contribution in [3.63, 3.8) is 0 Å². The van der Waals surface area contributed by atoms with Crippen molar-refractivity contribution < 1.29 is 4.79 Å². The van der Waals surface area contributed by atoms with Crippen LogP contribution in [0.3, 0.4) is 0 Å². The van der Waals surface area contributed by atoms with Crippen LogP contribution in [-0.2, 0) is 10.2 Å². The molecule has 1 aliphatic heterocycles. The highest BCUT2D eigenvalue weighted by Crippen LogP contribution is 2.26. The van der Waals surface area contributed by atoms with Crippen LogP contribution in [0.5, 0.6) is 0 Å². The molecule has 4 rings (SSSR count). The second kappa shape index (κ2) is 8.75. The minimum absolute atomic E-state index is 0.0940. The van der Waals surface area contributed by atoms with Crippen molar-refractivity contribution in [1.29, 1.82) is 0 Å². The van der Waals surface area contributed by atoms with Gasteiger partial charge in [0.05, 0.1) is 16.7 Å². The zero-order chi connectivity index (χ0) is 22.0. The van der Waals surface area contributed by atoms with Gasteiger partial charge in [-0.05, 0) is 48.1 Å². The van der Waals surface area contributed by atoms with Crippen LogP contribution in [0.15, 0.2) is 58.2 Å². The lowest BCUT2D eigenvalue weighted by molar-refractivity contribution is -0.114. The van der Waals surface area contributed by atoms with Crippen LogP contribution in [0.25, 0.3) is 10.9 Å². The molecule has 1 amide bonds. The van der Waals surface area contributed by atoms with Gasteiger partial charge < -0.3 is 4.90 Å². The number of para-hydroxylation sites is 1. The molecule has 0 unspecified atom stereocenters. The van der Waals surface area contributed by atoms with Gasteiger partial charge in [-0.15, -0.1) is 11.8 Å². The van der Waals surface area contributed by atoms with E-state index in [0.29, 0.717) is 16.9 Å². The Kier molecular flexibility index (Phi) is 6.05. The number of nitrogens with one attached hydrogen (secondary N) is 1. The zero-order valence-corrected chi connectivity index (χ0v) is 19.0. The molecule has 0 atom stereocenters. The molecule has 1 aromatic heterocycles. The topological polar surface area (TPSA) is 67.2 Å². The summed E-state index contributed by atoms with van der Waals surface area (Å²) in [5.41, 5.74) is 4.54. The van der Waals surface area contributed by atoms with E-state index in [4.69, 9.17) is 0 Å². The molecule has 0 bridgehead atoms. The molecule has 162 valence electrons. The predicted octanol–water partition coefficient (Wildman–Crippen LogP) is 4.16. The van der Waals surface area contributed by atoms with Gasteiger partial charge in [-0.3, -0.25) is 15.0 Å². The quantitative estimate of drug-likeness (QED) is 0.609. The van der Waals surface area contributed by atoms with Crippen LogP contribution in [-0.4, -0.2) is 34.4 Å². The van der Waals surface area contributed by atoms with Gasteiger partial charge in [-0.1, -0.05) is 45.0 Å². The lowest BCUT2D eigenvalue weighted by atomic mass is 9.87. The first-order valence-corrected chi connectivity index (χ1v) is 11.6. The van der Waals surface area contributed by atoms with Gasteiger partial charge in [0.1, 0.15) is 0 Å². The van der Waals surface area contributed by atoms with E-state index in [0.717, 1.165) is 30.8 Å². The highest BCUT2D eigenvalue weighted by atomic mass is 32.2. The fourth-order valence-electron chi connectivity index (χ4n) is 3.71. The van der Waals surface area contributed by atoms with E-state index in [1.165, 1.54) is 22.0 Å². The third kappa shape index (κ3) is 4.77. The maximum absolute atomic E-state index is 13.1. The fourth-order valence-corrected chi connectivity index (χ4v) is 4.40. The van der Waals surface area contributed by atoms with E-state index in [1.807, 2.05) is 30.3 Å². The molecular weight excluding hydrogens is 408 g/mol. The predicted molar refractivity (Wildman–Crippen MR) is 128 cm³/mol. The van der Waals surface area contributed by atoms with Gasteiger partial charge in [0.2, 0.25) is 11.9 Å². The molecule has 0 spiro atoms. The monoisotopic (exact) mass is 436 g/mol. The molecular formula is C24H28N4O2S. The highest BCUT2D eigenvalue weighted by Gasteiger charge is 2.21. The summed E-state index contributed by atoms with van der Waals surface area (Å²) in [4.78, 5) is 33.6. The van der Waals surface area contributed by atoms with E-state index in [-0.39, 0.29) is 22.6 Å². The molecule has 2 heterocycles. The normalized spacial score (nSPS) is 14.2. The van der Waals surface area contributed by atoms with Crippen molar-refractivity contribution in [2.75, 3.05) is 29.2 Å². The van der Waals surface area contributed by atoms with Crippen LogP contribution in [0, 0.1) is 0 Å². The Morgan fingerprint density at radius 2 is 1.74 bits per heavy atom. The molecule has 2 aromatic carbocycles. The lowest BCUT2D eigenvalue weighted by Crippen LogP contribution is -2.39. The van der Waals surface area contributed by atoms with E-state index in [2.05, 4.69) is 48.2 Å². The van der Waals surface area contributed by atoms with E-state index < -0.39 is 0 Å². The standard InChI is InChI=1S/C24H28N4O2S/c1-24(2,3)17-10-12-18(13-11-17)31-16-21(29)26-28-22(30)19-8-4-5-9-20(19)25-23(28)27-14-6-7-15-27/h4-5,8-13H,6-7,14-16H2,1-3H3,(H,26,29). The van der Waals surface area contributed by atoms with Gasteiger partial charge in [-0.25, -0.2) is 4.98 Å². The van der Waals surface area contributed by atoms with Crippen LogP contribution < -0.4 is 15.9 Å². The molecule has 0 aliphatic carbocycles. The molecule has 1 N–H and O–H groups in total. The number of fused-ring (bicyclic) bond motifs is 1. The largest absolute Gasteiger partial charge is 0.341 e. The number of rotatable bonds is 5. The summed E-state index contributed by atoms with van der Waals surface area (Å²) >= 11 is 1.45. The zero-order valence-electron chi connectivity index (χ0n) is 18.2. The fraction of sp³-hybridized carbons (Fsp3) is 0.375. The molecule has 1 fully saturated rings. The summed E-state index contributed by atoms with van der Waals surface area (Å²) in [6, 6.07) is 15.5. The van der Waals surface area contributed by atoms with Crippen molar-refractivity contribution in [2.45, 2.75) is 43.9 Å². The van der Waals surface area contributed by atoms with Crippen LogP contribution >= 0.6 is 11.8 Å². The number of aromatic nitrogens is 2. The van der Waals surface area contributed by atoms with E-state index in [9.17, 15) is 9.59 Å². The number of hydrogen-bond donors (Lipinski definition) is 1. The molecule has 7 heteroatoms. The van der Waals surface area contributed by atoms with Crippen molar-refractivity contribution in [3.05, 3.63) is 64.4 Å².